The molecule has 0 saturated carbocycles. The zero-order valence-corrected chi connectivity index (χ0v) is 15.5. The van der Waals surface area contributed by atoms with E-state index >= 15 is 0 Å². The molecule has 3 aromatic rings. The fourth-order valence-electron chi connectivity index (χ4n) is 3.57. The lowest BCUT2D eigenvalue weighted by atomic mass is 9.91. The number of nitrogens with one attached hydrogen (secondary N) is 1. The van der Waals surface area contributed by atoms with Crippen LogP contribution in [0.3, 0.4) is 0 Å². The van der Waals surface area contributed by atoms with E-state index in [1.54, 1.807) is 18.5 Å². The molecule has 4 rings (SSSR count). The van der Waals surface area contributed by atoms with Gasteiger partial charge in [0.1, 0.15) is 5.82 Å². The Kier molecular flexibility index (Phi) is 5.34. The quantitative estimate of drug-likeness (QED) is 0.748. The molecule has 1 saturated heterocycles. The second kappa shape index (κ2) is 8.22. The van der Waals surface area contributed by atoms with E-state index in [-0.39, 0.29) is 0 Å². The third kappa shape index (κ3) is 4.65. The van der Waals surface area contributed by atoms with Crippen molar-refractivity contribution in [2.24, 2.45) is 0 Å². The number of nitrogens with zero attached hydrogens (tertiary/aromatic N) is 5. The molecule has 4 heterocycles. The lowest BCUT2D eigenvalue weighted by Gasteiger charge is -2.33. The summed E-state index contributed by atoms with van der Waals surface area (Å²) in [4.78, 5) is 19.8. The van der Waals surface area contributed by atoms with Gasteiger partial charge in [-0.3, -0.25) is 9.88 Å². The molecular weight excluding hydrogens is 336 g/mol. The van der Waals surface area contributed by atoms with E-state index in [2.05, 4.69) is 54.4 Å². The molecule has 1 aliphatic heterocycles. The summed E-state index contributed by atoms with van der Waals surface area (Å²) in [5.74, 6) is 1.87. The monoisotopic (exact) mass is 360 g/mol. The van der Waals surface area contributed by atoms with E-state index < -0.39 is 0 Å². The standard InChI is InChI=1S/C21H24N6/c1-16-5-6-17(13-25-16)14-27-11-2-4-19(15-27)18-7-10-22-20(12-18)26-21-23-8-3-9-24-21/h3,5-10,12-13,19H,2,4,11,14-15H2,1H3,(H,22,23,24,26)/t19-/m1/s1. The summed E-state index contributed by atoms with van der Waals surface area (Å²) in [6.07, 6.45) is 9.71. The van der Waals surface area contributed by atoms with Gasteiger partial charge in [-0.1, -0.05) is 6.07 Å². The van der Waals surface area contributed by atoms with E-state index in [1.165, 1.54) is 24.0 Å². The maximum absolute atomic E-state index is 4.42. The molecule has 1 aliphatic rings. The van der Waals surface area contributed by atoms with Crippen LogP contribution in [0, 0.1) is 6.92 Å². The predicted octanol–water partition coefficient (Wildman–Crippen LogP) is 3.70. The van der Waals surface area contributed by atoms with Crippen LogP contribution in [-0.2, 0) is 6.54 Å². The van der Waals surface area contributed by atoms with E-state index in [1.807, 2.05) is 19.3 Å². The number of aryl methyl sites for hydroxylation is 1. The molecule has 1 atom stereocenters. The molecule has 0 unspecified atom stereocenters. The van der Waals surface area contributed by atoms with Crippen molar-refractivity contribution in [3.05, 3.63) is 71.9 Å². The normalized spacial score (nSPS) is 17.6. The van der Waals surface area contributed by atoms with Crippen molar-refractivity contribution in [1.82, 2.24) is 24.8 Å². The highest BCUT2D eigenvalue weighted by atomic mass is 15.1. The molecule has 1 N–H and O–H groups in total. The summed E-state index contributed by atoms with van der Waals surface area (Å²) in [5, 5.41) is 3.18. The molecule has 0 radical (unpaired) electrons. The van der Waals surface area contributed by atoms with E-state index in [9.17, 15) is 0 Å². The van der Waals surface area contributed by atoms with Crippen LogP contribution in [0.5, 0.6) is 0 Å². The Labute approximate surface area is 159 Å². The Hall–Kier alpha value is -2.86. The van der Waals surface area contributed by atoms with Crippen molar-refractivity contribution in [3.63, 3.8) is 0 Å². The second-order valence-electron chi connectivity index (χ2n) is 7.05. The van der Waals surface area contributed by atoms with Gasteiger partial charge in [0.15, 0.2) is 0 Å². The molecule has 0 amide bonds. The summed E-state index contributed by atoms with van der Waals surface area (Å²) < 4.78 is 0. The van der Waals surface area contributed by atoms with Gasteiger partial charge in [-0.25, -0.2) is 15.0 Å². The van der Waals surface area contributed by atoms with Gasteiger partial charge in [0.05, 0.1) is 0 Å². The molecule has 6 nitrogen and oxygen atoms in total. The minimum Gasteiger partial charge on any atom is -0.309 e. The zero-order chi connectivity index (χ0) is 18.5. The number of anilines is 2. The third-order valence-corrected chi connectivity index (χ3v) is 4.95. The smallest absolute Gasteiger partial charge is 0.228 e. The van der Waals surface area contributed by atoms with Gasteiger partial charge in [0.2, 0.25) is 5.95 Å². The van der Waals surface area contributed by atoms with Gasteiger partial charge in [-0.05, 0) is 67.6 Å². The Morgan fingerprint density at radius 1 is 1.07 bits per heavy atom. The second-order valence-corrected chi connectivity index (χ2v) is 7.05. The van der Waals surface area contributed by atoms with Gasteiger partial charge in [0, 0.05) is 43.6 Å². The van der Waals surface area contributed by atoms with Crippen molar-refractivity contribution in [2.45, 2.75) is 32.2 Å². The minimum atomic E-state index is 0.511. The van der Waals surface area contributed by atoms with Crippen molar-refractivity contribution < 1.29 is 0 Å². The lowest BCUT2D eigenvalue weighted by molar-refractivity contribution is 0.200. The fourth-order valence-corrected chi connectivity index (χ4v) is 3.57. The van der Waals surface area contributed by atoms with Gasteiger partial charge >= 0.3 is 0 Å². The van der Waals surface area contributed by atoms with E-state index in [0.717, 1.165) is 31.1 Å². The SMILES string of the molecule is Cc1ccc(CN2CCC[C@@H](c3ccnc(Nc4ncccn4)c3)C2)cn1. The van der Waals surface area contributed by atoms with Crippen LogP contribution in [0.15, 0.2) is 55.1 Å². The minimum absolute atomic E-state index is 0.511. The molecule has 3 aromatic heterocycles. The van der Waals surface area contributed by atoms with Crippen LogP contribution in [0.1, 0.15) is 35.6 Å². The summed E-state index contributed by atoms with van der Waals surface area (Å²) >= 11 is 0. The van der Waals surface area contributed by atoms with Crippen LogP contribution in [0.25, 0.3) is 0 Å². The highest BCUT2D eigenvalue weighted by Gasteiger charge is 2.22. The number of pyridine rings is 2. The Balaban J connectivity index is 1.43. The van der Waals surface area contributed by atoms with E-state index in [0.29, 0.717) is 11.9 Å². The molecule has 0 spiro atoms. The average Bonchev–Trinajstić information content (AvgIpc) is 2.71. The number of likely N-dealkylation sites (tertiary alicyclic amines) is 1. The highest BCUT2D eigenvalue weighted by Crippen LogP contribution is 2.29. The number of piperidine rings is 1. The lowest BCUT2D eigenvalue weighted by Crippen LogP contribution is -2.33. The topological polar surface area (TPSA) is 66.8 Å². The molecule has 0 aromatic carbocycles. The molecule has 0 aliphatic carbocycles. The number of hydrogen-bond acceptors (Lipinski definition) is 6. The summed E-state index contributed by atoms with van der Waals surface area (Å²) in [6, 6.07) is 10.3. The maximum Gasteiger partial charge on any atom is 0.228 e. The number of aromatic nitrogens is 4. The van der Waals surface area contributed by atoms with Crippen LogP contribution in [0.4, 0.5) is 11.8 Å². The van der Waals surface area contributed by atoms with Crippen molar-refractivity contribution in [3.8, 4) is 0 Å². The highest BCUT2D eigenvalue weighted by molar-refractivity contribution is 5.48. The summed E-state index contributed by atoms with van der Waals surface area (Å²) in [7, 11) is 0. The van der Waals surface area contributed by atoms with E-state index in [4.69, 9.17) is 0 Å². The van der Waals surface area contributed by atoms with Crippen LogP contribution < -0.4 is 5.32 Å². The van der Waals surface area contributed by atoms with Crippen LogP contribution in [-0.4, -0.2) is 37.9 Å². The van der Waals surface area contributed by atoms with Crippen LogP contribution in [0.2, 0.25) is 0 Å². The molecular formula is C21H24N6. The van der Waals surface area contributed by atoms with Gasteiger partial charge in [-0.15, -0.1) is 0 Å². The summed E-state index contributed by atoms with van der Waals surface area (Å²) in [5.41, 5.74) is 3.66. The first-order valence-corrected chi connectivity index (χ1v) is 9.40. The fraction of sp³-hybridized carbons (Fsp3) is 0.333. The van der Waals surface area contributed by atoms with Gasteiger partial charge in [0.25, 0.3) is 0 Å². The maximum atomic E-state index is 4.42. The molecule has 1 fully saturated rings. The molecule has 0 bridgehead atoms. The summed E-state index contributed by atoms with van der Waals surface area (Å²) in [6.45, 7) is 5.17. The first-order valence-electron chi connectivity index (χ1n) is 9.40. The Morgan fingerprint density at radius 3 is 2.78 bits per heavy atom. The first kappa shape index (κ1) is 17.5. The Morgan fingerprint density at radius 2 is 1.96 bits per heavy atom. The number of rotatable bonds is 5. The average molecular weight is 360 g/mol. The van der Waals surface area contributed by atoms with Crippen molar-refractivity contribution >= 4 is 11.8 Å². The van der Waals surface area contributed by atoms with Crippen LogP contribution >= 0.6 is 0 Å². The predicted molar refractivity (Wildman–Crippen MR) is 106 cm³/mol. The third-order valence-electron chi connectivity index (χ3n) is 4.95. The largest absolute Gasteiger partial charge is 0.309 e. The van der Waals surface area contributed by atoms with Gasteiger partial charge < -0.3 is 5.32 Å². The first-order chi connectivity index (χ1) is 13.3. The van der Waals surface area contributed by atoms with Gasteiger partial charge in [-0.2, -0.15) is 0 Å². The molecule has 138 valence electrons. The zero-order valence-electron chi connectivity index (χ0n) is 15.5. The molecule has 27 heavy (non-hydrogen) atoms. The van der Waals surface area contributed by atoms with Crippen molar-refractivity contribution in [2.75, 3.05) is 18.4 Å². The Bertz CT molecular complexity index is 865. The molecule has 6 heteroatoms. The van der Waals surface area contributed by atoms with Crippen molar-refractivity contribution in [1.29, 1.82) is 0 Å². The number of hydrogen-bond donors (Lipinski definition) is 1.